The maximum absolute atomic E-state index is 12.8. The standard InChI is InChI=1S/C21H19N5O2S/c27-29(28)13-5-12-26(14-15-6-2-1-3-7-15)21-18(29)10-9-17(23-21)19-16-8-4-11-22-20(16)25-24-19/h1-4,6-11H,5,12-14H2,(H,22,24,25). The summed E-state index contributed by atoms with van der Waals surface area (Å²) >= 11 is 0. The van der Waals surface area contributed by atoms with Crippen LogP contribution in [-0.4, -0.2) is 40.9 Å². The number of benzene rings is 1. The summed E-state index contributed by atoms with van der Waals surface area (Å²) in [4.78, 5) is 11.4. The van der Waals surface area contributed by atoms with Crippen LogP contribution >= 0.6 is 0 Å². The molecule has 3 aromatic heterocycles. The number of fused-ring (bicyclic) bond motifs is 2. The van der Waals surface area contributed by atoms with E-state index in [0.717, 1.165) is 16.6 Å². The van der Waals surface area contributed by atoms with Crippen molar-refractivity contribution >= 4 is 26.7 Å². The second-order valence-corrected chi connectivity index (χ2v) is 9.15. The molecule has 29 heavy (non-hydrogen) atoms. The molecule has 1 aliphatic heterocycles. The number of hydrogen-bond acceptors (Lipinski definition) is 6. The number of nitrogens with one attached hydrogen (secondary N) is 1. The summed E-state index contributed by atoms with van der Waals surface area (Å²) < 4.78 is 25.6. The van der Waals surface area contributed by atoms with Gasteiger partial charge in [-0.2, -0.15) is 5.10 Å². The van der Waals surface area contributed by atoms with E-state index in [1.165, 1.54) is 0 Å². The first-order valence-electron chi connectivity index (χ1n) is 9.44. The highest BCUT2D eigenvalue weighted by molar-refractivity contribution is 7.91. The van der Waals surface area contributed by atoms with E-state index in [-0.39, 0.29) is 10.6 Å². The largest absolute Gasteiger partial charge is 0.351 e. The number of hydrogen-bond donors (Lipinski definition) is 1. The first kappa shape index (κ1) is 17.8. The van der Waals surface area contributed by atoms with Crippen LogP contribution < -0.4 is 4.90 Å². The van der Waals surface area contributed by atoms with E-state index in [0.29, 0.717) is 36.7 Å². The number of H-pyrrole nitrogens is 1. The minimum atomic E-state index is -3.37. The van der Waals surface area contributed by atoms with Crippen LogP contribution in [0.1, 0.15) is 12.0 Å². The van der Waals surface area contributed by atoms with Crippen molar-refractivity contribution in [3.8, 4) is 11.4 Å². The van der Waals surface area contributed by atoms with Gasteiger partial charge in [0, 0.05) is 24.7 Å². The fourth-order valence-corrected chi connectivity index (χ4v) is 5.17. The van der Waals surface area contributed by atoms with Gasteiger partial charge in [-0.3, -0.25) is 5.10 Å². The third-order valence-electron chi connectivity index (χ3n) is 5.12. The molecule has 7 nitrogen and oxygen atoms in total. The molecule has 0 aliphatic carbocycles. The van der Waals surface area contributed by atoms with Crippen molar-refractivity contribution in [3.63, 3.8) is 0 Å². The van der Waals surface area contributed by atoms with E-state index in [4.69, 9.17) is 4.98 Å². The fraction of sp³-hybridized carbons (Fsp3) is 0.190. The molecule has 0 amide bonds. The lowest BCUT2D eigenvalue weighted by molar-refractivity contribution is 0.595. The van der Waals surface area contributed by atoms with Crippen LogP contribution in [0.3, 0.4) is 0 Å². The maximum Gasteiger partial charge on any atom is 0.182 e. The molecule has 0 saturated heterocycles. The number of anilines is 1. The van der Waals surface area contributed by atoms with Crippen molar-refractivity contribution in [2.24, 2.45) is 0 Å². The quantitative estimate of drug-likeness (QED) is 0.563. The van der Waals surface area contributed by atoms with Gasteiger partial charge in [-0.25, -0.2) is 18.4 Å². The second kappa shape index (κ2) is 6.97. The average molecular weight is 405 g/mol. The molecule has 0 radical (unpaired) electrons. The van der Waals surface area contributed by atoms with Gasteiger partial charge in [0.25, 0.3) is 0 Å². The van der Waals surface area contributed by atoms with Crippen molar-refractivity contribution in [2.45, 2.75) is 17.9 Å². The Labute approximate surface area is 168 Å². The van der Waals surface area contributed by atoms with Gasteiger partial charge in [0.1, 0.15) is 10.7 Å². The molecule has 0 unspecified atom stereocenters. The Balaban J connectivity index is 1.65. The van der Waals surface area contributed by atoms with E-state index in [2.05, 4.69) is 20.1 Å². The van der Waals surface area contributed by atoms with Gasteiger partial charge in [-0.1, -0.05) is 30.3 Å². The molecular weight excluding hydrogens is 386 g/mol. The van der Waals surface area contributed by atoms with Crippen molar-refractivity contribution in [3.05, 3.63) is 66.4 Å². The van der Waals surface area contributed by atoms with Crippen LogP contribution in [0.2, 0.25) is 0 Å². The number of nitrogens with zero attached hydrogens (tertiary/aromatic N) is 4. The monoisotopic (exact) mass is 405 g/mol. The number of sulfone groups is 1. The molecule has 4 heterocycles. The summed E-state index contributed by atoms with van der Waals surface area (Å²) in [5.74, 6) is 0.624. The molecule has 5 rings (SSSR count). The molecule has 1 N–H and O–H groups in total. The summed E-state index contributed by atoms with van der Waals surface area (Å²) in [6.07, 6.45) is 2.25. The minimum Gasteiger partial charge on any atom is -0.351 e. The van der Waals surface area contributed by atoms with Gasteiger partial charge >= 0.3 is 0 Å². The smallest absolute Gasteiger partial charge is 0.182 e. The van der Waals surface area contributed by atoms with Crippen LogP contribution in [0.15, 0.2) is 65.7 Å². The lowest BCUT2D eigenvalue weighted by atomic mass is 10.2. The number of aromatic nitrogens is 4. The first-order valence-corrected chi connectivity index (χ1v) is 11.1. The topological polar surface area (TPSA) is 91.8 Å². The molecular formula is C21H19N5O2S. The van der Waals surface area contributed by atoms with Gasteiger partial charge in [-0.05, 0) is 36.2 Å². The van der Waals surface area contributed by atoms with Crippen molar-refractivity contribution in [1.29, 1.82) is 0 Å². The SMILES string of the molecule is O=S1(=O)CCCN(Cc2ccccc2)c2nc(-c3[nH]nc4ncccc34)ccc21. The summed E-state index contributed by atoms with van der Waals surface area (Å²) in [5.41, 5.74) is 3.10. The molecule has 0 fully saturated rings. The zero-order valence-electron chi connectivity index (χ0n) is 15.6. The molecule has 0 atom stereocenters. The fourth-order valence-electron chi connectivity index (χ4n) is 3.71. The first-order chi connectivity index (χ1) is 14.1. The van der Waals surface area contributed by atoms with E-state index in [1.807, 2.05) is 42.5 Å². The van der Waals surface area contributed by atoms with Gasteiger partial charge in [0.05, 0.1) is 17.1 Å². The normalized spacial score (nSPS) is 15.8. The predicted molar refractivity (Wildman–Crippen MR) is 111 cm³/mol. The van der Waals surface area contributed by atoms with Gasteiger partial charge in [-0.15, -0.1) is 0 Å². The molecule has 146 valence electrons. The lowest BCUT2D eigenvalue weighted by Gasteiger charge is -2.23. The van der Waals surface area contributed by atoms with Crippen LogP contribution in [-0.2, 0) is 16.4 Å². The van der Waals surface area contributed by atoms with Gasteiger partial charge in [0.2, 0.25) is 0 Å². The second-order valence-electron chi connectivity index (χ2n) is 7.07. The van der Waals surface area contributed by atoms with Crippen LogP contribution in [0.5, 0.6) is 0 Å². The summed E-state index contributed by atoms with van der Waals surface area (Å²) in [5, 5.41) is 8.08. The Kier molecular flexibility index (Phi) is 4.28. The highest BCUT2D eigenvalue weighted by atomic mass is 32.2. The third-order valence-corrected chi connectivity index (χ3v) is 6.93. The number of pyridine rings is 2. The summed E-state index contributed by atoms with van der Waals surface area (Å²) in [7, 11) is -3.37. The number of rotatable bonds is 3. The Morgan fingerprint density at radius 2 is 1.90 bits per heavy atom. The van der Waals surface area contributed by atoms with Crippen molar-refractivity contribution in [1.82, 2.24) is 20.2 Å². The highest BCUT2D eigenvalue weighted by Gasteiger charge is 2.28. The van der Waals surface area contributed by atoms with E-state index in [1.54, 1.807) is 18.3 Å². The molecule has 0 saturated carbocycles. The highest BCUT2D eigenvalue weighted by Crippen LogP contribution is 2.33. The van der Waals surface area contributed by atoms with Crippen molar-refractivity contribution < 1.29 is 8.42 Å². The van der Waals surface area contributed by atoms with Gasteiger partial charge < -0.3 is 4.90 Å². The van der Waals surface area contributed by atoms with Crippen LogP contribution in [0.4, 0.5) is 5.82 Å². The Morgan fingerprint density at radius 3 is 2.76 bits per heavy atom. The molecule has 1 aliphatic rings. The third kappa shape index (κ3) is 3.25. The zero-order valence-corrected chi connectivity index (χ0v) is 16.4. The summed E-state index contributed by atoms with van der Waals surface area (Å²) in [6.45, 7) is 1.23. The average Bonchev–Trinajstić information content (AvgIpc) is 3.12. The Bertz CT molecular complexity index is 1280. The molecule has 4 aromatic rings. The minimum absolute atomic E-state index is 0.128. The maximum atomic E-state index is 12.8. The molecule has 1 aromatic carbocycles. The van der Waals surface area contributed by atoms with Crippen LogP contribution in [0, 0.1) is 0 Å². The molecule has 8 heteroatoms. The molecule has 0 spiro atoms. The van der Waals surface area contributed by atoms with E-state index in [9.17, 15) is 8.42 Å². The van der Waals surface area contributed by atoms with Crippen LogP contribution in [0.25, 0.3) is 22.4 Å². The van der Waals surface area contributed by atoms with E-state index < -0.39 is 9.84 Å². The Hall–Kier alpha value is -3.26. The van der Waals surface area contributed by atoms with E-state index >= 15 is 0 Å². The van der Waals surface area contributed by atoms with Gasteiger partial charge in [0.15, 0.2) is 15.5 Å². The lowest BCUT2D eigenvalue weighted by Crippen LogP contribution is -2.24. The van der Waals surface area contributed by atoms with Crippen molar-refractivity contribution in [2.75, 3.05) is 17.2 Å². The Morgan fingerprint density at radius 1 is 1.03 bits per heavy atom. The summed E-state index contributed by atoms with van der Waals surface area (Å²) in [6, 6.07) is 17.2. The number of aromatic amines is 1. The molecule has 0 bridgehead atoms. The zero-order chi connectivity index (χ0) is 19.8. The predicted octanol–water partition coefficient (Wildman–Crippen LogP) is 3.20.